The van der Waals surface area contributed by atoms with Gasteiger partial charge in [0.15, 0.2) is 0 Å². The highest BCUT2D eigenvalue weighted by Gasteiger charge is 2.10. The first-order valence-electron chi connectivity index (χ1n) is 6.55. The molecular weight excluding hydrogens is 289 g/mol. The summed E-state index contributed by atoms with van der Waals surface area (Å²) in [7, 11) is 0. The van der Waals surface area contributed by atoms with Crippen molar-refractivity contribution in [2.24, 2.45) is 0 Å². The van der Waals surface area contributed by atoms with Crippen molar-refractivity contribution in [2.45, 2.75) is 12.8 Å². The zero-order valence-electron chi connectivity index (χ0n) is 11.4. The van der Waals surface area contributed by atoms with E-state index in [1.807, 2.05) is 24.3 Å². The Morgan fingerprint density at radius 1 is 1.14 bits per heavy atom. The summed E-state index contributed by atoms with van der Waals surface area (Å²) in [6.07, 6.45) is 1.71. The summed E-state index contributed by atoms with van der Waals surface area (Å²) in [5, 5.41) is 1.90. The summed E-state index contributed by atoms with van der Waals surface area (Å²) in [5.41, 5.74) is 1.68. The molecule has 0 fully saturated rings. The van der Waals surface area contributed by atoms with Gasteiger partial charge in [-0.2, -0.15) is 0 Å². The van der Waals surface area contributed by atoms with E-state index in [2.05, 4.69) is 4.98 Å². The Balaban J connectivity index is 2.09. The smallest absolute Gasteiger partial charge is 0.227 e. The van der Waals surface area contributed by atoms with Gasteiger partial charge in [0, 0.05) is 17.5 Å². The van der Waals surface area contributed by atoms with Crippen molar-refractivity contribution >= 4 is 22.4 Å². The average Bonchev–Trinajstić information content (AvgIpc) is 2.50. The molecule has 106 valence electrons. The van der Waals surface area contributed by atoms with Gasteiger partial charge in [0.1, 0.15) is 11.6 Å². The van der Waals surface area contributed by atoms with E-state index in [9.17, 15) is 4.39 Å². The number of pyridine rings is 1. The molecule has 0 saturated carbocycles. The Labute approximate surface area is 127 Å². The lowest BCUT2D eigenvalue weighted by molar-refractivity contribution is 0.463. The highest BCUT2D eigenvalue weighted by molar-refractivity contribution is 6.18. The molecule has 1 heterocycles. The predicted molar refractivity (Wildman–Crippen MR) is 82.5 cm³/mol. The molecule has 0 unspecified atom stereocenters. The molecule has 0 aliphatic rings. The summed E-state index contributed by atoms with van der Waals surface area (Å²) < 4.78 is 19.0. The summed E-state index contributed by atoms with van der Waals surface area (Å²) in [6, 6.07) is 12.2. The largest absolute Gasteiger partial charge is 0.438 e. The Morgan fingerprint density at radius 3 is 2.62 bits per heavy atom. The topological polar surface area (TPSA) is 22.1 Å². The van der Waals surface area contributed by atoms with E-state index in [1.54, 1.807) is 19.2 Å². The Morgan fingerprint density at radius 2 is 1.90 bits per heavy atom. The van der Waals surface area contributed by atoms with Crippen molar-refractivity contribution < 1.29 is 9.13 Å². The van der Waals surface area contributed by atoms with Gasteiger partial charge < -0.3 is 4.74 Å². The van der Waals surface area contributed by atoms with E-state index in [-0.39, 0.29) is 5.82 Å². The van der Waals surface area contributed by atoms with Crippen LogP contribution < -0.4 is 4.74 Å². The van der Waals surface area contributed by atoms with E-state index in [0.29, 0.717) is 17.5 Å². The van der Waals surface area contributed by atoms with Crippen LogP contribution in [0.2, 0.25) is 0 Å². The maximum absolute atomic E-state index is 13.2. The molecule has 0 aliphatic heterocycles. The van der Waals surface area contributed by atoms with Crippen molar-refractivity contribution in [3.63, 3.8) is 0 Å². The molecule has 4 heteroatoms. The van der Waals surface area contributed by atoms with Crippen LogP contribution in [0, 0.1) is 12.7 Å². The second kappa shape index (κ2) is 5.70. The summed E-state index contributed by atoms with van der Waals surface area (Å²) >= 11 is 5.94. The number of aryl methyl sites for hydroxylation is 1. The minimum absolute atomic E-state index is 0.282. The Bertz CT molecular complexity index is 804. The molecule has 0 aliphatic carbocycles. The minimum atomic E-state index is -0.282. The molecule has 0 N–H and O–H groups in total. The highest BCUT2D eigenvalue weighted by Crippen LogP contribution is 2.31. The van der Waals surface area contributed by atoms with Gasteiger partial charge in [0.25, 0.3) is 0 Å². The van der Waals surface area contributed by atoms with Crippen LogP contribution in [-0.4, -0.2) is 4.98 Å². The lowest BCUT2D eigenvalue weighted by Crippen LogP contribution is -1.94. The van der Waals surface area contributed by atoms with Crippen LogP contribution in [0.15, 0.2) is 48.7 Å². The molecule has 0 amide bonds. The molecule has 2 nitrogen and oxygen atoms in total. The van der Waals surface area contributed by atoms with Crippen molar-refractivity contribution in [2.75, 3.05) is 0 Å². The first-order valence-corrected chi connectivity index (χ1v) is 7.09. The number of hydrogen-bond acceptors (Lipinski definition) is 2. The van der Waals surface area contributed by atoms with Gasteiger partial charge in [-0.1, -0.05) is 18.2 Å². The fourth-order valence-corrected chi connectivity index (χ4v) is 2.46. The fraction of sp³-hybridized carbons (Fsp3) is 0.118. The maximum Gasteiger partial charge on any atom is 0.227 e. The Kier molecular flexibility index (Phi) is 3.76. The number of nitrogens with zero attached hydrogens (tertiary/aromatic N) is 1. The number of aromatic nitrogens is 1. The number of halogens is 2. The predicted octanol–water partition coefficient (Wildman–Crippen LogP) is 5.21. The molecule has 3 rings (SSSR count). The van der Waals surface area contributed by atoms with E-state index < -0.39 is 0 Å². The standard InChI is InChI=1S/C17H13ClFNO/c1-11-8-13(19)6-7-16(11)21-17-15-5-3-2-4-14(15)12(9-18)10-20-17/h2-8,10H,9H2,1H3. The van der Waals surface area contributed by atoms with Crippen molar-refractivity contribution in [3.05, 3.63) is 65.6 Å². The van der Waals surface area contributed by atoms with Crippen molar-refractivity contribution in [3.8, 4) is 11.6 Å². The maximum atomic E-state index is 13.2. The zero-order chi connectivity index (χ0) is 14.8. The van der Waals surface area contributed by atoms with Gasteiger partial charge in [-0.25, -0.2) is 9.37 Å². The van der Waals surface area contributed by atoms with Gasteiger partial charge in [-0.15, -0.1) is 11.6 Å². The number of fused-ring (bicyclic) bond motifs is 1. The van der Waals surface area contributed by atoms with E-state index in [1.165, 1.54) is 12.1 Å². The molecule has 0 atom stereocenters. The number of hydrogen-bond donors (Lipinski definition) is 0. The molecule has 0 bridgehead atoms. The number of alkyl halides is 1. The van der Waals surface area contributed by atoms with Gasteiger partial charge >= 0.3 is 0 Å². The summed E-state index contributed by atoms with van der Waals surface area (Å²) in [6.45, 7) is 1.80. The lowest BCUT2D eigenvalue weighted by atomic mass is 10.1. The van der Waals surface area contributed by atoms with Crippen LogP contribution in [0.5, 0.6) is 11.6 Å². The molecule has 2 aromatic carbocycles. The zero-order valence-corrected chi connectivity index (χ0v) is 12.2. The van der Waals surface area contributed by atoms with Crippen LogP contribution in [0.1, 0.15) is 11.1 Å². The SMILES string of the molecule is Cc1cc(F)ccc1Oc1ncc(CCl)c2ccccc12. The average molecular weight is 302 g/mol. The first kappa shape index (κ1) is 13.8. The fourth-order valence-electron chi connectivity index (χ4n) is 2.24. The normalized spacial score (nSPS) is 10.8. The second-order valence-corrected chi connectivity index (χ2v) is 5.05. The van der Waals surface area contributed by atoms with Crippen molar-refractivity contribution in [1.82, 2.24) is 4.98 Å². The number of benzene rings is 2. The van der Waals surface area contributed by atoms with Gasteiger partial charge in [0.05, 0.1) is 0 Å². The molecule has 0 saturated heterocycles. The highest BCUT2D eigenvalue weighted by atomic mass is 35.5. The van der Waals surface area contributed by atoms with E-state index >= 15 is 0 Å². The number of ether oxygens (including phenoxy) is 1. The van der Waals surface area contributed by atoms with Crippen molar-refractivity contribution in [1.29, 1.82) is 0 Å². The third-order valence-corrected chi connectivity index (χ3v) is 3.62. The van der Waals surface area contributed by atoms with E-state index in [0.717, 1.165) is 21.9 Å². The van der Waals surface area contributed by atoms with Gasteiger partial charge in [-0.05, 0) is 47.7 Å². The second-order valence-electron chi connectivity index (χ2n) is 4.78. The molecule has 0 radical (unpaired) electrons. The van der Waals surface area contributed by atoms with Crippen LogP contribution in [0.4, 0.5) is 4.39 Å². The number of rotatable bonds is 3. The quantitative estimate of drug-likeness (QED) is 0.619. The molecule has 0 spiro atoms. The van der Waals surface area contributed by atoms with E-state index in [4.69, 9.17) is 16.3 Å². The summed E-state index contributed by atoms with van der Waals surface area (Å²) in [4.78, 5) is 4.34. The van der Waals surface area contributed by atoms with Crippen LogP contribution in [0.25, 0.3) is 10.8 Å². The van der Waals surface area contributed by atoms with Gasteiger partial charge in [0.2, 0.25) is 5.88 Å². The molecule has 3 aromatic rings. The minimum Gasteiger partial charge on any atom is -0.438 e. The van der Waals surface area contributed by atoms with Crippen LogP contribution >= 0.6 is 11.6 Å². The van der Waals surface area contributed by atoms with Crippen LogP contribution in [-0.2, 0) is 5.88 Å². The lowest BCUT2D eigenvalue weighted by Gasteiger charge is -2.11. The monoisotopic (exact) mass is 301 g/mol. The Hall–Kier alpha value is -2.13. The third kappa shape index (κ3) is 2.69. The summed E-state index contributed by atoms with van der Waals surface area (Å²) in [5.74, 6) is 1.20. The van der Waals surface area contributed by atoms with Crippen LogP contribution in [0.3, 0.4) is 0 Å². The van der Waals surface area contributed by atoms with Gasteiger partial charge in [-0.3, -0.25) is 0 Å². The molecular formula is C17H13ClFNO. The third-order valence-electron chi connectivity index (χ3n) is 3.33. The molecule has 21 heavy (non-hydrogen) atoms. The molecule has 1 aromatic heterocycles. The first-order chi connectivity index (χ1) is 10.2.